The summed E-state index contributed by atoms with van der Waals surface area (Å²) in [4.78, 5) is 45.3. The number of nitrogens with zero attached hydrogens (tertiary/aromatic N) is 3. The number of rotatable bonds is 3. The zero-order chi connectivity index (χ0) is 21.7. The van der Waals surface area contributed by atoms with Crippen LogP contribution >= 0.6 is 0 Å². The summed E-state index contributed by atoms with van der Waals surface area (Å²) in [6, 6.07) is 7.21. The van der Waals surface area contributed by atoms with E-state index in [4.69, 9.17) is 15.2 Å². The number of carbonyl (C=O) groups excluding carboxylic acids is 3. The molecule has 9 nitrogen and oxygen atoms in total. The minimum atomic E-state index is -0.862. The van der Waals surface area contributed by atoms with Crippen LogP contribution in [0.5, 0.6) is 11.5 Å². The second kappa shape index (κ2) is 7.01. The van der Waals surface area contributed by atoms with E-state index in [-0.39, 0.29) is 29.2 Å². The topological polar surface area (TPSA) is 115 Å². The molecule has 3 unspecified atom stereocenters. The molecule has 3 heterocycles. The lowest BCUT2D eigenvalue weighted by molar-refractivity contribution is -0.126. The van der Waals surface area contributed by atoms with Crippen molar-refractivity contribution in [1.29, 1.82) is 0 Å². The van der Waals surface area contributed by atoms with E-state index in [9.17, 15) is 14.4 Å². The van der Waals surface area contributed by atoms with E-state index in [2.05, 4.69) is 4.98 Å². The number of anilines is 3. The van der Waals surface area contributed by atoms with Gasteiger partial charge in [-0.1, -0.05) is 0 Å². The van der Waals surface area contributed by atoms with Gasteiger partial charge in [-0.2, -0.15) is 0 Å². The number of ketones is 1. The van der Waals surface area contributed by atoms with Crippen LogP contribution in [0.15, 0.2) is 30.3 Å². The predicted octanol–water partition coefficient (Wildman–Crippen LogP) is 1.79. The van der Waals surface area contributed by atoms with Crippen molar-refractivity contribution in [2.75, 3.05) is 22.6 Å². The number of carbonyl (C=O) groups is 3. The fourth-order valence-electron chi connectivity index (χ4n) is 3.65. The number of hydrogen-bond donors (Lipinski definition) is 1. The molecular formula is C21H22N4O5. The van der Waals surface area contributed by atoms with Gasteiger partial charge in [-0.25, -0.2) is 4.98 Å². The maximum atomic E-state index is 13.3. The number of benzene rings is 1. The lowest BCUT2D eigenvalue weighted by Crippen LogP contribution is -2.52. The summed E-state index contributed by atoms with van der Waals surface area (Å²) < 4.78 is 11.2. The number of pyridine rings is 1. The standard InChI is InChI=1S/C21H22N4O5/c1-10(25-19-16(7-8-17(22)23-19)30-12(3)21(25)28)18(26)13-5-6-15-14(9-13)24(4)20(27)11(2)29-15/h5-12H,1-4H3,(H2,22,23). The molecule has 0 saturated heterocycles. The monoisotopic (exact) mass is 410 g/mol. The van der Waals surface area contributed by atoms with Crippen LogP contribution in [0.4, 0.5) is 17.3 Å². The maximum absolute atomic E-state index is 13.3. The van der Waals surface area contributed by atoms with E-state index >= 15 is 0 Å². The predicted molar refractivity (Wildman–Crippen MR) is 110 cm³/mol. The highest BCUT2D eigenvalue weighted by molar-refractivity contribution is 6.10. The van der Waals surface area contributed by atoms with Crippen molar-refractivity contribution in [2.45, 2.75) is 39.0 Å². The number of fused-ring (bicyclic) bond motifs is 2. The lowest BCUT2D eigenvalue weighted by atomic mass is 10.0. The number of nitrogens with two attached hydrogens (primary N) is 1. The molecule has 0 fully saturated rings. The van der Waals surface area contributed by atoms with Gasteiger partial charge < -0.3 is 20.1 Å². The molecule has 1 aromatic heterocycles. The van der Waals surface area contributed by atoms with Gasteiger partial charge in [0.1, 0.15) is 11.6 Å². The fraction of sp³-hybridized carbons (Fsp3) is 0.333. The summed E-state index contributed by atoms with van der Waals surface area (Å²) in [5.74, 6) is 0.425. The third kappa shape index (κ3) is 3.02. The molecule has 2 aromatic rings. The van der Waals surface area contributed by atoms with Crippen LogP contribution in [-0.2, 0) is 9.59 Å². The van der Waals surface area contributed by atoms with Crippen LogP contribution < -0.4 is 25.0 Å². The minimum absolute atomic E-state index is 0.203. The Hall–Kier alpha value is -3.62. The normalized spacial score (nSPS) is 21.3. The van der Waals surface area contributed by atoms with Crippen molar-refractivity contribution in [2.24, 2.45) is 0 Å². The van der Waals surface area contributed by atoms with E-state index < -0.39 is 18.2 Å². The van der Waals surface area contributed by atoms with Gasteiger partial charge in [0, 0.05) is 12.6 Å². The smallest absolute Gasteiger partial charge is 0.269 e. The Morgan fingerprint density at radius 1 is 1.07 bits per heavy atom. The Balaban J connectivity index is 1.70. The SMILES string of the molecule is CC1Oc2ccc(C(=O)C(C)N3C(=O)C(C)Oc4ccc(N)nc43)cc2N(C)C1=O. The highest BCUT2D eigenvalue weighted by atomic mass is 16.5. The molecule has 156 valence electrons. The van der Waals surface area contributed by atoms with E-state index in [0.717, 1.165) is 0 Å². The summed E-state index contributed by atoms with van der Waals surface area (Å²) >= 11 is 0. The van der Waals surface area contributed by atoms with Gasteiger partial charge in [0.05, 0.1) is 11.7 Å². The van der Waals surface area contributed by atoms with Gasteiger partial charge in [-0.05, 0) is 51.1 Å². The van der Waals surface area contributed by atoms with Gasteiger partial charge in [0.2, 0.25) is 0 Å². The molecular weight excluding hydrogens is 388 g/mol. The Bertz CT molecular complexity index is 1070. The number of likely N-dealkylation sites (N-methyl/N-ethyl adjacent to an activating group) is 1. The number of nitrogen functional groups attached to an aromatic ring is 1. The average Bonchev–Trinajstić information content (AvgIpc) is 2.72. The molecule has 2 aliphatic rings. The summed E-state index contributed by atoms with van der Waals surface area (Å²) in [7, 11) is 1.63. The Morgan fingerprint density at radius 2 is 1.70 bits per heavy atom. The molecule has 0 saturated carbocycles. The molecule has 0 radical (unpaired) electrons. The van der Waals surface area contributed by atoms with Crippen LogP contribution in [0.1, 0.15) is 31.1 Å². The van der Waals surface area contributed by atoms with E-state index in [1.807, 2.05) is 0 Å². The third-order valence-corrected chi connectivity index (χ3v) is 5.33. The molecule has 4 rings (SSSR count). The molecule has 2 N–H and O–H groups in total. The van der Waals surface area contributed by atoms with Gasteiger partial charge in [0.25, 0.3) is 11.8 Å². The summed E-state index contributed by atoms with van der Waals surface area (Å²) in [6.07, 6.45) is -1.36. The number of Topliss-reactive ketones (excluding diaryl/α,β-unsaturated/α-hetero) is 1. The van der Waals surface area contributed by atoms with Crippen molar-refractivity contribution in [3.8, 4) is 11.5 Å². The third-order valence-electron chi connectivity index (χ3n) is 5.33. The fourth-order valence-corrected chi connectivity index (χ4v) is 3.65. The molecule has 2 aliphatic heterocycles. The van der Waals surface area contributed by atoms with E-state index in [1.54, 1.807) is 58.2 Å². The van der Waals surface area contributed by atoms with Crippen LogP contribution in [0, 0.1) is 0 Å². The molecule has 0 bridgehead atoms. The van der Waals surface area contributed by atoms with Crippen molar-refractivity contribution in [1.82, 2.24) is 4.98 Å². The number of aromatic nitrogens is 1. The Morgan fingerprint density at radius 3 is 2.43 bits per heavy atom. The molecule has 0 aliphatic carbocycles. The summed E-state index contributed by atoms with van der Waals surface area (Å²) in [6.45, 7) is 4.91. The van der Waals surface area contributed by atoms with Crippen LogP contribution in [0.2, 0.25) is 0 Å². The quantitative estimate of drug-likeness (QED) is 0.767. The van der Waals surface area contributed by atoms with Gasteiger partial charge in [-0.3, -0.25) is 19.3 Å². The molecule has 3 atom stereocenters. The summed E-state index contributed by atoms with van der Waals surface area (Å²) in [5, 5.41) is 0. The van der Waals surface area contributed by atoms with Crippen molar-refractivity contribution in [3.63, 3.8) is 0 Å². The number of hydrogen-bond acceptors (Lipinski definition) is 7. The highest BCUT2D eigenvalue weighted by Crippen LogP contribution is 2.37. The zero-order valence-electron chi connectivity index (χ0n) is 17.1. The second-order valence-electron chi connectivity index (χ2n) is 7.41. The first-order chi connectivity index (χ1) is 14.2. The lowest BCUT2D eigenvalue weighted by Gasteiger charge is -2.35. The largest absolute Gasteiger partial charge is 0.479 e. The maximum Gasteiger partial charge on any atom is 0.269 e. The molecule has 9 heteroatoms. The van der Waals surface area contributed by atoms with Crippen LogP contribution in [0.25, 0.3) is 0 Å². The second-order valence-corrected chi connectivity index (χ2v) is 7.41. The molecule has 1 aromatic carbocycles. The van der Waals surface area contributed by atoms with Gasteiger partial charge >= 0.3 is 0 Å². The first kappa shape index (κ1) is 19.7. The Kier molecular flexibility index (Phi) is 4.60. The number of amides is 2. The average molecular weight is 410 g/mol. The highest BCUT2D eigenvalue weighted by Gasteiger charge is 2.39. The van der Waals surface area contributed by atoms with E-state index in [1.165, 1.54) is 9.80 Å². The molecule has 0 spiro atoms. The molecule has 2 amide bonds. The number of ether oxygens (including phenoxy) is 2. The first-order valence-electron chi connectivity index (χ1n) is 9.57. The minimum Gasteiger partial charge on any atom is -0.479 e. The van der Waals surface area contributed by atoms with E-state index in [0.29, 0.717) is 22.7 Å². The van der Waals surface area contributed by atoms with Crippen molar-refractivity contribution in [3.05, 3.63) is 35.9 Å². The van der Waals surface area contributed by atoms with Crippen molar-refractivity contribution >= 4 is 34.9 Å². The van der Waals surface area contributed by atoms with Crippen LogP contribution in [0.3, 0.4) is 0 Å². The summed E-state index contributed by atoms with van der Waals surface area (Å²) in [5.41, 5.74) is 6.63. The molecule has 30 heavy (non-hydrogen) atoms. The van der Waals surface area contributed by atoms with Gasteiger partial charge in [-0.15, -0.1) is 0 Å². The van der Waals surface area contributed by atoms with Crippen molar-refractivity contribution < 1.29 is 23.9 Å². The van der Waals surface area contributed by atoms with Gasteiger partial charge in [0.15, 0.2) is 29.6 Å². The zero-order valence-corrected chi connectivity index (χ0v) is 17.1. The van der Waals surface area contributed by atoms with Crippen LogP contribution in [-0.4, -0.2) is 47.9 Å². The Labute approximate surface area is 173 Å². The first-order valence-corrected chi connectivity index (χ1v) is 9.57.